The number of hydrogen-bond acceptors (Lipinski definition) is 3. The van der Waals surface area contributed by atoms with Crippen LogP contribution in [0.25, 0.3) is 0 Å². The molecule has 1 atom stereocenters. The molecular weight excluding hydrogens is 208 g/mol. The molecule has 0 aliphatic heterocycles. The lowest BCUT2D eigenvalue weighted by Crippen LogP contribution is -2.45. The van der Waals surface area contributed by atoms with E-state index in [2.05, 4.69) is 5.32 Å². The highest BCUT2D eigenvalue weighted by Gasteiger charge is 2.20. The highest BCUT2D eigenvalue weighted by molar-refractivity contribution is 5.84. The van der Waals surface area contributed by atoms with Gasteiger partial charge in [-0.05, 0) is 27.2 Å². The van der Waals surface area contributed by atoms with Crippen LogP contribution in [0, 0.1) is 0 Å². The first-order valence-electron chi connectivity index (χ1n) is 5.55. The molecule has 96 valence electrons. The van der Waals surface area contributed by atoms with Crippen molar-refractivity contribution in [3.05, 3.63) is 0 Å². The first kappa shape index (κ1) is 17.1. The number of carbonyl (C=O) groups is 2. The van der Waals surface area contributed by atoms with Gasteiger partial charge >= 0.3 is 6.09 Å². The molecule has 2 amide bonds. The number of nitrogens with two attached hydrogens (primary N) is 1. The molecule has 5 heteroatoms. The van der Waals surface area contributed by atoms with Crippen LogP contribution in [0.4, 0.5) is 4.79 Å². The molecule has 5 nitrogen and oxygen atoms in total. The van der Waals surface area contributed by atoms with Crippen molar-refractivity contribution in [1.29, 1.82) is 0 Å². The van der Waals surface area contributed by atoms with E-state index >= 15 is 0 Å². The smallest absolute Gasteiger partial charge is 0.408 e. The largest absolute Gasteiger partial charge is 0.444 e. The van der Waals surface area contributed by atoms with Crippen molar-refractivity contribution in [3.63, 3.8) is 0 Å². The van der Waals surface area contributed by atoms with Crippen LogP contribution in [0.5, 0.6) is 0 Å². The molecule has 0 saturated carbocycles. The molecule has 1 unspecified atom stereocenters. The molecule has 16 heavy (non-hydrogen) atoms. The van der Waals surface area contributed by atoms with Crippen molar-refractivity contribution >= 4 is 12.0 Å². The van der Waals surface area contributed by atoms with Crippen molar-refractivity contribution in [1.82, 2.24) is 5.32 Å². The fourth-order valence-corrected chi connectivity index (χ4v) is 0.824. The summed E-state index contributed by atoms with van der Waals surface area (Å²) >= 11 is 0. The molecule has 0 aromatic rings. The van der Waals surface area contributed by atoms with Crippen LogP contribution in [0.15, 0.2) is 0 Å². The molecule has 0 aromatic carbocycles. The molecule has 0 spiro atoms. The number of alkyl carbamates (subject to hydrolysis) is 1. The van der Waals surface area contributed by atoms with E-state index in [0.29, 0.717) is 6.42 Å². The minimum atomic E-state index is -0.662. The van der Waals surface area contributed by atoms with Crippen LogP contribution < -0.4 is 11.1 Å². The molecule has 0 bridgehead atoms. The second-order valence-electron chi connectivity index (χ2n) is 4.01. The Bertz CT molecular complexity index is 222. The summed E-state index contributed by atoms with van der Waals surface area (Å²) in [5, 5.41) is 2.39. The normalized spacial score (nSPS) is 11.9. The van der Waals surface area contributed by atoms with Gasteiger partial charge in [-0.25, -0.2) is 4.79 Å². The maximum Gasteiger partial charge on any atom is 0.408 e. The van der Waals surface area contributed by atoms with E-state index in [4.69, 9.17) is 10.5 Å². The van der Waals surface area contributed by atoms with Gasteiger partial charge in [-0.3, -0.25) is 4.79 Å². The Hall–Kier alpha value is -1.26. The van der Waals surface area contributed by atoms with Gasteiger partial charge in [0.1, 0.15) is 11.6 Å². The van der Waals surface area contributed by atoms with Gasteiger partial charge in [0, 0.05) is 0 Å². The lowest BCUT2D eigenvalue weighted by molar-refractivity contribution is -0.120. The molecule has 0 aliphatic rings. The van der Waals surface area contributed by atoms with Crippen molar-refractivity contribution < 1.29 is 14.3 Å². The monoisotopic (exact) mass is 232 g/mol. The lowest BCUT2D eigenvalue weighted by atomic mass is 10.2. The summed E-state index contributed by atoms with van der Waals surface area (Å²) in [6.07, 6.45) is -0.169. The summed E-state index contributed by atoms with van der Waals surface area (Å²) in [5.74, 6) is -0.557. The van der Waals surface area contributed by atoms with Gasteiger partial charge in [-0.2, -0.15) is 0 Å². The van der Waals surface area contributed by atoms with Crippen LogP contribution in [-0.4, -0.2) is 23.6 Å². The third-order valence-corrected chi connectivity index (χ3v) is 1.44. The molecule has 0 radical (unpaired) electrons. The average Bonchev–Trinajstić information content (AvgIpc) is 2.14. The van der Waals surface area contributed by atoms with Gasteiger partial charge < -0.3 is 15.8 Å². The number of nitrogens with one attached hydrogen (secondary N) is 1. The summed E-state index contributed by atoms with van der Waals surface area (Å²) in [5.41, 5.74) is 4.48. The predicted molar refractivity (Wildman–Crippen MR) is 64.0 cm³/mol. The Morgan fingerprint density at radius 1 is 1.31 bits per heavy atom. The summed E-state index contributed by atoms with van der Waals surface area (Å²) in [6, 6.07) is -0.662. The average molecular weight is 232 g/mol. The highest BCUT2D eigenvalue weighted by atomic mass is 16.6. The van der Waals surface area contributed by atoms with Crippen molar-refractivity contribution in [3.8, 4) is 0 Å². The van der Waals surface area contributed by atoms with E-state index < -0.39 is 23.6 Å². The maximum atomic E-state index is 11.2. The zero-order valence-electron chi connectivity index (χ0n) is 11.1. The molecule has 3 N–H and O–H groups in total. The Morgan fingerprint density at radius 2 is 1.75 bits per heavy atom. The number of carbonyl (C=O) groups excluding carboxylic acids is 2. The second-order valence-corrected chi connectivity index (χ2v) is 4.01. The topological polar surface area (TPSA) is 81.4 Å². The van der Waals surface area contributed by atoms with Crippen molar-refractivity contribution in [2.75, 3.05) is 0 Å². The van der Waals surface area contributed by atoms with Crippen LogP contribution in [0.2, 0.25) is 0 Å². The summed E-state index contributed by atoms with van der Waals surface area (Å²) < 4.78 is 4.96. The number of amides is 2. The van der Waals surface area contributed by atoms with Crippen LogP contribution in [0.3, 0.4) is 0 Å². The fraction of sp³-hybridized carbons (Fsp3) is 0.818. The molecule has 0 rings (SSSR count). The van der Waals surface area contributed by atoms with Gasteiger partial charge in [0.15, 0.2) is 0 Å². The summed E-state index contributed by atoms with van der Waals surface area (Å²) in [4.78, 5) is 22.0. The second kappa shape index (κ2) is 7.96. The molecule has 0 heterocycles. The molecule has 0 aliphatic carbocycles. The van der Waals surface area contributed by atoms with Crippen LogP contribution in [0.1, 0.15) is 48.0 Å². The quantitative estimate of drug-likeness (QED) is 0.778. The van der Waals surface area contributed by atoms with Gasteiger partial charge in [0.05, 0.1) is 0 Å². The number of hydrogen-bond donors (Lipinski definition) is 2. The third-order valence-electron chi connectivity index (χ3n) is 1.44. The van der Waals surface area contributed by atoms with E-state index in [9.17, 15) is 9.59 Å². The SMILES string of the molecule is CC.CCC(NC(=O)OC(C)(C)C)C(N)=O. The standard InChI is InChI=1S/C9H18N2O3.C2H6/c1-5-6(7(10)12)11-8(13)14-9(2,3)4;1-2/h6H,5H2,1-4H3,(H2,10,12)(H,11,13);1-2H3. The number of primary amides is 1. The lowest BCUT2D eigenvalue weighted by Gasteiger charge is -2.21. The predicted octanol–water partition coefficient (Wildman–Crippen LogP) is 1.80. The third kappa shape index (κ3) is 9.30. The van der Waals surface area contributed by atoms with Gasteiger partial charge in [-0.1, -0.05) is 20.8 Å². The zero-order chi connectivity index (χ0) is 13.4. The first-order chi connectivity index (χ1) is 7.26. The zero-order valence-corrected chi connectivity index (χ0v) is 11.1. The number of rotatable bonds is 3. The van der Waals surface area contributed by atoms with E-state index in [0.717, 1.165) is 0 Å². The maximum absolute atomic E-state index is 11.2. The Kier molecular flexibility index (Phi) is 8.53. The van der Waals surface area contributed by atoms with Gasteiger partial charge in [0.2, 0.25) is 5.91 Å². The Balaban J connectivity index is 0. The van der Waals surface area contributed by atoms with Crippen LogP contribution in [-0.2, 0) is 9.53 Å². The van der Waals surface area contributed by atoms with E-state index in [1.165, 1.54) is 0 Å². The molecule has 0 fully saturated rings. The van der Waals surface area contributed by atoms with Crippen molar-refractivity contribution in [2.24, 2.45) is 5.73 Å². The molecular formula is C11H24N2O3. The van der Waals surface area contributed by atoms with Gasteiger partial charge in [-0.15, -0.1) is 0 Å². The van der Waals surface area contributed by atoms with Gasteiger partial charge in [0.25, 0.3) is 0 Å². The Labute approximate surface area is 97.7 Å². The first-order valence-corrected chi connectivity index (χ1v) is 5.55. The molecule has 0 saturated heterocycles. The van der Waals surface area contributed by atoms with E-state index in [1.807, 2.05) is 13.8 Å². The van der Waals surface area contributed by atoms with E-state index in [-0.39, 0.29) is 0 Å². The highest BCUT2D eigenvalue weighted by Crippen LogP contribution is 2.06. The van der Waals surface area contributed by atoms with Crippen molar-refractivity contribution in [2.45, 2.75) is 59.6 Å². The van der Waals surface area contributed by atoms with Crippen LogP contribution >= 0.6 is 0 Å². The summed E-state index contributed by atoms with van der Waals surface area (Å²) in [6.45, 7) is 11.0. The minimum absolute atomic E-state index is 0.453. The minimum Gasteiger partial charge on any atom is -0.444 e. The fourth-order valence-electron chi connectivity index (χ4n) is 0.824. The van der Waals surface area contributed by atoms with E-state index in [1.54, 1.807) is 27.7 Å². The Morgan fingerprint density at radius 3 is 2.00 bits per heavy atom. The summed E-state index contributed by atoms with van der Waals surface area (Å²) in [7, 11) is 0. The molecule has 0 aromatic heterocycles. The number of ether oxygens (including phenoxy) is 1.